The highest BCUT2D eigenvalue weighted by atomic mass is 32.1. The summed E-state index contributed by atoms with van der Waals surface area (Å²) in [4.78, 5) is 30.0. The standard InChI is InChI=1S/C27H28N2O3S2/c1-2-32-26(30)24-15-20-5-3-4-6-21(20)16-29(24)27(31)28-11-7-19(8-12-28)25(22-9-13-33-17-22)23-10-14-34-18-23/h3-6,9-10,13-14,17-18,24H,2,7-8,11-12,15-16H2,1H3. The van der Waals surface area contributed by atoms with E-state index in [0.717, 1.165) is 24.0 Å². The number of hydrogen-bond donors (Lipinski definition) is 0. The number of amides is 2. The first kappa shape index (κ1) is 22.9. The van der Waals surface area contributed by atoms with Crippen LogP contribution in [-0.4, -0.2) is 47.5 Å². The summed E-state index contributed by atoms with van der Waals surface area (Å²) < 4.78 is 5.34. The highest BCUT2D eigenvalue weighted by Crippen LogP contribution is 2.35. The molecule has 2 aliphatic heterocycles. The van der Waals surface area contributed by atoms with Crippen molar-refractivity contribution in [3.63, 3.8) is 0 Å². The maximum Gasteiger partial charge on any atom is 0.329 e. The van der Waals surface area contributed by atoms with E-state index in [1.54, 1.807) is 34.5 Å². The van der Waals surface area contributed by atoms with Crippen LogP contribution in [-0.2, 0) is 22.5 Å². The molecular weight excluding hydrogens is 464 g/mol. The molecule has 176 valence electrons. The summed E-state index contributed by atoms with van der Waals surface area (Å²) >= 11 is 3.42. The predicted octanol–water partition coefficient (Wildman–Crippen LogP) is 5.82. The Morgan fingerprint density at radius 1 is 0.971 bits per heavy atom. The lowest BCUT2D eigenvalue weighted by Gasteiger charge is -2.40. The number of esters is 1. The molecule has 0 aliphatic carbocycles. The molecule has 7 heteroatoms. The summed E-state index contributed by atoms with van der Waals surface area (Å²) in [5.41, 5.74) is 7.44. The molecule has 34 heavy (non-hydrogen) atoms. The molecule has 2 aliphatic rings. The first-order chi connectivity index (χ1) is 16.7. The van der Waals surface area contributed by atoms with Crippen molar-refractivity contribution in [2.24, 2.45) is 0 Å². The maximum atomic E-state index is 13.6. The van der Waals surface area contributed by atoms with Gasteiger partial charge in [0.1, 0.15) is 6.04 Å². The number of ether oxygens (including phenoxy) is 1. The van der Waals surface area contributed by atoms with E-state index in [0.29, 0.717) is 32.7 Å². The van der Waals surface area contributed by atoms with Crippen LogP contribution in [0.2, 0.25) is 0 Å². The van der Waals surface area contributed by atoms with Crippen LogP contribution in [0.5, 0.6) is 0 Å². The highest BCUT2D eigenvalue weighted by Gasteiger charge is 2.38. The van der Waals surface area contributed by atoms with Gasteiger partial charge in [-0.3, -0.25) is 0 Å². The number of hydrogen-bond acceptors (Lipinski definition) is 5. The number of nitrogens with zero attached hydrogens (tertiary/aromatic N) is 2. The van der Waals surface area contributed by atoms with E-state index >= 15 is 0 Å². The van der Waals surface area contributed by atoms with Crippen molar-refractivity contribution < 1.29 is 14.3 Å². The van der Waals surface area contributed by atoms with Gasteiger partial charge >= 0.3 is 12.0 Å². The molecule has 0 radical (unpaired) electrons. The Labute approximate surface area is 208 Å². The number of benzene rings is 1. The molecule has 1 aromatic carbocycles. The number of likely N-dealkylation sites (tertiary alicyclic amines) is 1. The lowest BCUT2D eigenvalue weighted by atomic mass is 9.91. The van der Waals surface area contributed by atoms with Crippen LogP contribution in [0.25, 0.3) is 5.57 Å². The van der Waals surface area contributed by atoms with Gasteiger partial charge in [0, 0.05) is 26.1 Å². The van der Waals surface area contributed by atoms with Gasteiger partial charge in [0.15, 0.2) is 0 Å². The number of urea groups is 1. The van der Waals surface area contributed by atoms with Crippen molar-refractivity contribution in [2.45, 2.75) is 38.8 Å². The molecule has 5 rings (SSSR count). The number of fused-ring (bicyclic) bond motifs is 1. The first-order valence-corrected chi connectivity index (χ1v) is 13.6. The quantitative estimate of drug-likeness (QED) is 0.432. The van der Waals surface area contributed by atoms with Crippen LogP contribution in [0.1, 0.15) is 42.0 Å². The van der Waals surface area contributed by atoms with Crippen molar-refractivity contribution in [1.29, 1.82) is 0 Å². The molecule has 5 nitrogen and oxygen atoms in total. The smallest absolute Gasteiger partial charge is 0.329 e. The average Bonchev–Trinajstić information content (AvgIpc) is 3.59. The zero-order valence-electron chi connectivity index (χ0n) is 19.2. The third-order valence-corrected chi connectivity index (χ3v) is 8.03. The SMILES string of the molecule is CCOC(=O)C1Cc2ccccc2CN1C(=O)N1CCC(=C(c2ccsc2)c2ccsc2)CC1. The van der Waals surface area contributed by atoms with Crippen molar-refractivity contribution in [3.8, 4) is 0 Å². The van der Waals surface area contributed by atoms with Gasteiger partial charge in [-0.1, -0.05) is 29.8 Å². The third kappa shape index (κ3) is 4.55. The lowest BCUT2D eigenvalue weighted by Crippen LogP contribution is -2.54. The van der Waals surface area contributed by atoms with E-state index in [-0.39, 0.29) is 12.0 Å². The Balaban J connectivity index is 1.36. The normalized spacial score (nSPS) is 17.9. The van der Waals surface area contributed by atoms with Crippen molar-refractivity contribution in [3.05, 3.63) is 85.7 Å². The van der Waals surface area contributed by atoms with Gasteiger partial charge in [-0.15, -0.1) is 0 Å². The third-order valence-electron chi connectivity index (χ3n) is 6.66. The van der Waals surface area contributed by atoms with Gasteiger partial charge in [-0.2, -0.15) is 22.7 Å². The van der Waals surface area contributed by atoms with E-state index in [2.05, 4.69) is 33.7 Å². The van der Waals surface area contributed by atoms with Gasteiger partial charge < -0.3 is 14.5 Å². The Hall–Kier alpha value is -2.90. The lowest BCUT2D eigenvalue weighted by molar-refractivity contribution is -0.149. The van der Waals surface area contributed by atoms with Gasteiger partial charge in [0.05, 0.1) is 6.61 Å². The Kier molecular flexibility index (Phi) is 6.83. The van der Waals surface area contributed by atoms with Crippen LogP contribution in [0.4, 0.5) is 4.79 Å². The van der Waals surface area contributed by atoms with Crippen LogP contribution < -0.4 is 0 Å². The molecule has 0 bridgehead atoms. The topological polar surface area (TPSA) is 49.9 Å². The molecule has 2 amide bonds. The predicted molar refractivity (Wildman–Crippen MR) is 137 cm³/mol. The summed E-state index contributed by atoms with van der Waals surface area (Å²) in [5, 5.41) is 8.63. The second kappa shape index (κ2) is 10.2. The van der Waals surface area contributed by atoms with Crippen molar-refractivity contribution >= 4 is 40.2 Å². The van der Waals surface area contributed by atoms with Crippen LogP contribution in [0, 0.1) is 0 Å². The van der Waals surface area contributed by atoms with Gasteiger partial charge in [0.2, 0.25) is 0 Å². The molecular formula is C27H28N2O3S2. The zero-order valence-corrected chi connectivity index (χ0v) is 20.9. The summed E-state index contributed by atoms with van der Waals surface area (Å²) in [6, 6.07) is 11.8. The fraction of sp³-hybridized carbons (Fsp3) is 0.333. The van der Waals surface area contributed by atoms with Gasteiger partial charge in [-0.05, 0) is 81.2 Å². The molecule has 3 aromatic rings. The van der Waals surface area contributed by atoms with Crippen LogP contribution >= 0.6 is 22.7 Å². The van der Waals surface area contributed by atoms with E-state index in [1.807, 2.05) is 29.2 Å². The largest absolute Gasteiger partial charge is 0.464 e. The Morgan fingerprint density at radius 3 is 2.21 bits per heavy atom. The minimum atomic E-state index is -0.577. The number of piperidine rings is 1. The summed E-state index contributed by atoms with van der Waals surface area (Å²) in [7, 11) is 0. The molecule has 2 aromatic heterocycles. The van der Waals surface area contributed by atoms with E-state index in [4.69, 9.17) is 4.74 Å². The minimum Gasteiger partial charge on any atom is -0.464 e. The minimum absolute atomic E-state index is 0.0702. The average molecular weight is 493 g/mol. The number of rotatable bonds is 4. The fourth-order valence-electron chi connectivity index (χ4n) is 4.96. The molecule has 0 saturated carbocycles. The van der Waals surface area contributed by atoms with E-state index < -0.39 is 6.04 Å². The number of thiophene rings is 2. The molecule has 1 unspecified atom stereocenters. The maximum absolute atomic E-state index is 13.6. The van der Waals surface area contributed by atoms with Gasteiger partial charge in [-0.25, -0.2) is 9.59 Å². The van der Waals surface area contributed by atoms with E-state index in [9.17, 15) is 9.59 Å². The molecule has 1 saturated heterocycles. The van der Waals surface area contributed by atoms with E-state index in [1.165, 1.54) is 22.3 Å². The molecule has 1 atom stereocenters. The Bertz CT molecular complexity index is 1140. The molecule has 4 heterocycles. The van der Waals surface area contributed by atoms with Crippen LogP contribution in [0.15, 0.2) is 63.5 Å². The summed E-state index contributed by atoms with van der Waals surface area (Å²) in [5.74, 6) is -0.319. The Morgan fingerprint density at radius 2 is 1.62 bits per heavy atom. The van der Waals surface area contributed by atoms with Crippen LogP contribution in [0.3, 0.4) is 0 Å². The zero-order chi connectivity index (χ0) is 23.5. The molecule has 0 N–H and O–H groups in total. The molecule has 0 spiro atoms. The second-order valence-electron chi connectivity index (χ2n) is 8.64. The molecule has 1 fully saturated rings. The number of carbonyl (C=O) groups excluding carboxylic acids is 2. The monoisotopic (exact) mass is 492 g/mol. The summed E-state index contributed by atoms with van der Waals surface area (Å²) in [6.07, 6.45) is 2.17. The first-order valence-electron chi connectivity index (χ1n) is 11.7. The summed E-state index contributed by atoms with van der Waals surface area (Å²) in [6.45, 7) is 3.86. The second-order valence-corrected chi connectivity index (χ2v) is 10.2. The fourth-order valence-corrected chi connectivity index (χ4v) is 6.25. The van der Waals surface area contributed by atoms with Gasteiger partial charge in [0.25, 0.3) is 0 Å². The van der Waals surface area contributed by atoms with Crippen molar-refractivity contribution in [1.82, 2.24) is 9.80 Å². The number of carbonyl (C=O) groups is 2. The van der Waals surface area contributed by atoms with Crippen molar-refractivity contribution in [2.75, 3.05) is 19.7 Å². The highest BCUT2D eigenvalue weighted by molar-refractivity contribution is 7.08.